The van der Waals surface area contributed by atoms with Gasteiger partial charge in [0, 0.05) is 31.6 Å². The average molecular weight is 397 g/mol. The van der Waals surface area contributed by atoms with Crippen LogP contribution in [0.3, 0.4) is 0 Å². The monoisotopic (exact) mass is 397 g/mol. The Morgan fingerprint density at radius 3 is 2.59 bits per heavy atom. The Balaban J connectivity index is 1.48. The number of piperidine rings is 1. The van der Waals surface area contributed by atoms with Gasteiger partial charge in [-0.2, -0.15) is 0 Å². The summed E-state index contributed by atoms with van der Waals surface area (Å²) in [5.41, 5.74) is 1.47. The van der Waals surface area contributed by atoms with Gasteiger partial charge in [0.25, 0.3) is 5.91 Å². The van der Waals surface area contributed by atoms with Crippen LogP contribution in [0.2, 0.25) is 0 Å². The normalized spacial score (nSPS) is 21.0. The van der Waals surface area contributed by atoms with Crippen molar-refractivity contribution in [3.8, 4) is 11.3 Å². The lowest BCUT2D eigenvalue weighted by Gasteiger charge is -2.36. The molecule has 0 saturated carbocycles. The molecule has 0 aliphatic carbocycles. The summed E-state index contributed by atoms with van der Waals surface area (Å²) >= 11 is 0. The van der Waals surface area contributed by atoms with E-state index in [-0.39, 0.29) is 18.0 Å². The molecule has 1 amide bonds. The number of aryl methyl sites for hydroxylation is 1. The Bertz CT molecular complexity index is 898. The first-order valence-corrected chi connectivity index (χ1v) is 10.1. The van der Waals surface area contributed by atoms with Crippen molar-refractivity contribution in [2.24, 2.45) is 5.41 Å². The Morgan fingerprint density at radius 2 is 1.93 bits per heavy atom. The van der Waals surface area contributed by atoms with E-state index in [9.17, 15) is 9.59 Å². The fourth-order valence-electron chi connectivity index (χ4n) is 4.47. The molecule has 4 rings (SSSR count). The van der Waals surface area contributed by atoms with Gasteiger partial charge in [-0.3, -0.25) is 9.59 Å². The Morgan fingerprint density at radius 1 is 1.24 bits per heavy atom. The van der Waals surface area contributed by atoms with Crippen LogP contribution < -0.4 is 0 Å². The molecule has 1 aromatic carbocycles. The number of amides is 1. The number of hydrogen-bond donors (Lipinski definition) is 0. The molecule has 1 spiro atoms. The van der Waals surface area contributed by atoms with Crippen LogP contribution in [0.4, 0.5) is 0 Å². The van der Waals surface area contributed by atoms with Gasteiger partial charge >= 0.3 is 5.97 Å². The highest BCUT2D eigenvalue weighted by atomic mass is 16.6. The van der Waals surface area contributed by atoms with E-state index in [1.807, 2.05) is 54.2 Å². The van der Waals surface area contributed by atoms with Gasteiger partial charge in [0.1, 0.15) is 23.1 Å². The summed E-state index contributed by atoms with van der Waals surface area (Å²) < 4.78 is 11.0. The smallest absolute Gasteiger partial charge is 0.312 e. The minimum absolute atomic E-state index is 0.0650. The summed E-state index contributed by atoms with van der Waals surface area (Å²) in [6.45, 7) is 3.55. The molecule has 2 saturated heterocycles. The van der Waals surface area contributed by atoms with Crippen molar-refractivity contribution < 1.29 is 18.8 Å². The third kappa shape index (κ3) is 3.67. The van der Waals surface area contributed by atoms with Gasteiger partial charge in [-0.1, -0.05) is 35.5 Å². The molecule has 0 radical (unpaired) electrons. The molecule has 2 aliphatic rings. The van der Waals surface area contributed by atoms with Gasteiger partial charge in [-0.25, -0.2) is 0 Å². The van der Waals surface area contributed by atoms with E-state index in [0.29, 0.717) is 42.9 Å². The molecule has 1 aromatic heterocycles. The number of rotatable bonds is 4. The van der Waals surface area contributed by atoms with Crippen molar-refractivity contribution in [1.29, 1.82) is 0 Å². The molecule has 2 aliphatic heterocycles. The Labute approximate surface area is 170 Å². The number of ether oxygens (including phenoxy) is 1. The molecular weight excluding hydrogens is 370 g/mol. The molecule has 7 nitrogen and oxygen atoms in total. The molecule has 29 heavy (non-hydrogen) atoms. The van der Waals surface area contributed by atoms with Crippen LogP contribution in [0.1, 0.15) is 35.4 Å². The summed E-state index contributed by atoms with van der Waals surface area (Å²) in [5.74, 6) is 0.316. The number of hydrogen-bond acceptors (Lipinski definition) is 6. The van der Waals surface area contributed by atoms with Gasteiger partial charge in [-0.15, -0.1) is 0 Å². The van der Waals surface area contributed by atoms with Crippen LogP contribution in [0.5, 0.6) is 0 Å². The molecule has 1 unspecified atom stereocenters. The Kier molecular flexibility index (Phi) is 5.17. The van der Waals surface area contributed by atoms with Crippen molar-refractivity contribution in [2.45, 2.75) is 32.3 Å². The van der Waals surface area contributed by atoms with Crippen LogP contribution in [-0.4, -0.2) is 66.7 Å². The number of nitrogens with zero attached hydrogens (tertiary/aromatic N) is 3. The number of carbonyl (C=O) groups excluding carboxylic acids is 2. The van der Waals surface area contributed by atoms with Crippen molar-refractivity contribution >= 4 is 11.9 Å². The molecule has 0 N–H and O–H groups in total. The molecule has 7 heteroatoms. The van der Waals surface area contributed by atoms with E-state index in [0.717, 1.165) is 18.5 Å². The van der Waals surface area contributed by atoms with E-state index in [2.05, 4.69) is 5.16 Å². The third-order valence-corrected chi connectivity index (χ3v) is 6.03. The van der Waals surface area contributed by atoms with Gasteiger partial charge < -0.3 is 19.1 Å². The van der Waals surface area contributed by atoms with Crippen LogP contribution in [-0.2, 0) is 9.53 Å². The highest BCUT2D eigenvalue weighted by molar-refractivity contribution is 6.01. The fourth-order valence-corrected chi connectivity index (χ4v) is 4.47. The van der Waals surface area contributed by atoms with Crippen LogP contribution in [0.25, 0.3) is 11.3 Å². The van der Waals surface area contributed by atoms with Gasteiger partial charge in [-0.05, 0) is 33.9 Å². The van der Waals surface area contributed by atoms with Gasteiger partial charge in [0.2, 0.25) is 0 Å². The SMILES string of the molecule is Cc1onc(-c2ccccc2)c1C(=O)N1CCC2(CC1)CC(CN(C)C)OC2=O. The maximum atomic E-state index is 13.3. The number of carbonyl (C=O) groups is 2. The lowest BCUT2D eigenvalue weighted by Crippen LogP contribution is -2.45. The molecule has 3 heterocycles. The molecule has 2 aromatic rings. The lowest BCUT2D eigenvalue weighted by atomic mass is 9.76. The molecular formula is C22H27N3O4. The standard InChI is InChI=1S/C22H27N3O4/c1-15-18(19(23-29-15)16-7-5-4-6-8-16)20(26)25-11-9-22(10-12-25)13-17(14-24(2)3)28-21(22)27/h4-8,17H,9-14H2,1-3H3. The van der Waals surface area contributed by atoms with Crippen molar-refractivity contribution in [3.63, 3.8) is 0 Å². The second-order valence-electron chi connectivity index (χ2n) is 8.39. The van der Waals surface area contributed by atoms with E-state index in [1.54, 1.807) is 6.92 Å². The minimum Gasteiger partial charge on any atom is -0.461 e. The predicted octanol–water partition coefficient (Wildman–Crippen LogP) is 2.75. The summed E-state index contributed by atoms with van der Waals surface area (Å²) in [6, 6.07) is 9.58. The maximum Gasteiger partial charge on any atom is 0.312 e. The second-order valence-corrected chi connectivity index (χ2v) is 8.39. The van der Waals surface area contributed by atoms with Crippen molar-refractivity contribution in [3.05, 3.63) is 41.7 Å². The number of esters is 1. The quantitative estimate of drug-likeness (QED) is 0.739. The van der Waals surface area contributed by atoms with Crippen LogP contribution >= 0.6 is 0 Å². The molecule has 1 atom stereocenters. The molecule has 0 bridgehead atoms. The van der Waals surface area contributed by atoms with Crippen LogP contribution in [0, 0.1) is 12.3 Å². The first-order valence-electron chi connectivity index (χ1n) is 10.1. The minimum atomic E-state index is -0.455. The topological polar surface area (TPSA) is 75.9 Å². The number of aromatic nitrogens is 1. The second kappa shape index (κ2) is 7.63. The third-order valence-electron chi connectivity index (χ3n) is 6.03. The number of likely N-dealkylation sites (tertiary alicyclic amines) is 1. The van der Waals surface area contributed by atoms with Crippen molar-refractivity contribution in [2.75, 3.05) is 33.7 Å². The zero-order valence-electron chi connectivity index (χ0n) is 17.2. The van der Waals surface area contributed by atoms with Crippen LogP contribution in [0.15, 0.2) is 34.9 Å². The largest absolute Gasteiger partial charge is 0.461 e. The van der Waals surface area contributed by atoms with E-state index in [4.69, 9.17) is 9.26 Å². The first kappa shape index (κ1) is 19.6. The fraction of sp³-hybridized carbons (Fsp3) is 0.500. The molecule has 2 fully saturated rings. The highest BCUT2D eigenvalue weighted by Gasteiger charge is 2.51. The number of cyclic esters (lactones) is 1. The van der Waals surface area contributed by atoms with E-state index >= 15 is 0 Å². The number of benzene rings is 1. The Hall–Kier alpha value is -2.67. The zero-order valence-corrected chi connectivity index (χ0v) is 17.2. The molecule has 154 valence electrons. The lowest BCUT2D eigenvalue weighted by molar-refractivity contribution is -0.150. The summed E-state index contributed by atoms with van der Waals surface area (Å²) in [6.07, 6.45) is 1.93. The number of likely N-dealkylation sites (N-methyl/N-ethyl adjacent to an activating group) is 1. The van der Waals surface area contributed by atoms with E-state index < -0.39 is 5.41 Å². The van der Waals surface area contributed by atoms with Crippen molar-refractivity contribution in [1.82, 2.24) is 15.0 Å². The first-order chi connectivity index (χ1) is 13.9. The summed E-state index contributed by atoms with van der Waals surface area (Å²) in [4.78, 5) is 29.7. The van der Waals surface area contributed by atoms with E-state index in [1.165, 1.54) is 0 Å². The zero-order chi connectivity index (χ0) is 20.6. The van der Waals surface area contributed by atoms with Gasteiger partial charge in [0.15, 0.2) is 0 Å². The average Bonchev–Trinajstić information content (AvgIpc) is 3.22. The highest BCUT2D eigenvalue weighted by Crippen LogP contribution is 2.43. The maximum absolute atomic E-state index is 13.3. The summed E-state index contributed by atoms with van der Waals surface area (Å²) in [7, 11) is 3.96. The predicted molar refractivity (Wildman–Crippen MR) is 107 cm³/mol. The van der Waals surface area contributed by atoms with Gasteiger partial charge in [0.05, 0.1) is 5.41 Å². The summed E-state index contributed by atoms with van der Waals surface area (Å²) in [5, 5.41) is 4.12.